The van der Waals surface area contributed by atoms with Gasteiger partial charge in [0.15, 0.2) is 5.69 Å². The van der Waals surface area contributed by atoms with Crippen LogP contribution in [0.4, 0.5) is 5.82 Å². The molecule has 16 heavy (non-hydrogen) atoms. The number of rotatable bonds is 4. The second-order valence-corrected chi connectivity index (χ2v) is 3.84. The minimum absolute atomic E-state index is 0.342. The maximum Gasteiger partial charge on any atom is 0.158 e. The smallest absolute Gasteiger partial charge is 0.158 e. The molecular weight excluding hydrogens is 204 g/mol. The standard InChI is InChI=1S/C11H14N4O/c12-5-10-6-15-11(7-14-10)13-3-1-9-2-4-16-8-9/h6-7,9H,1-4,8H2,(H,13,15). The summed E-state index contributed by atoms with van der Waals surface area (Å²) in [4.78, 5) is 8.02. The minimum atomic E-state index is 0.342. The molecule has 2 heterocycles. The molecular formula is C11H14N4O. The van der Waals surface area contributed by atoms with Gasteiger partial charge >= 0.3 is 0 Å². The first-order valence-corrected chi connectivity index (χ1v) is 5.42. The van der Waals surface area contributed by atoms with Crippen LogP contribution in [0.15, 0.2) is 12.4 Å². The lowest BCUT2D eigenvalue weighted by atomic mass is 10.1. The zero-order chi connectivity index (χ0) is 11.2. The van der Waals surface area contributed by atoms with E-state index in [-0.39, 0.29) is 0 Å². The Morgan fingerprint density at radius 1 is 1.50 bits per heavy atom. The third-order valence-electron chi connectivity index (χ3n) is 2.65. The second-order valence-electron chi connectivity index (χ2n) is 3.84. The fourth-order valence-corrected chi connectivity index (χ4v) is 1.69. The molecule has 1 aromatic rings. The van der Waals surface area contributed by atoms with E-state index in [1.165, 1.54) is 6.20 Å². The fraction of sp³-hybridized carbons (Fsp3) is 0.545. The third-order valence-corrected chi connectivity index (χ3v) is 2.65. The van der Waals surface area contributed by atoms with Gasteiger partial charge in [0, 0.05) is 19.8 Å². The molecule has 0 aliphatic carbocycles. The van der Waals surface area contributed by atoms with E-state index < -0.39 is 0 Å². The van der Waals surface area contributed by atoms with E-state index in [2.05, 4.69) is 15.3 Å². The Kier molecular flexibility index (Phi) is 3.67. The van der Waals surface area contributed by atoms with E-state index in [0.29, 0.717) is 11.6 Å². The summed E-state index contributed by atoms with van der Waals surface area (Å²) in [6.45, 7) is 2.64. The van der Waals surface area contributed by atoms with Crippen molar-refractivity contribution in [2.24, 2.45) is 5.92 Å². The first-order chi connectivity index (χ1) is 7.88. The lowest BCUT2D eigenvalue weighted by molar-refractivity contribution is 0.185. The molecule has 1 aliphatic heterocycles. The summed E-state index contributed by atoms with van der Waals surface area (Å²) in [6.07, 6.45) is 5.30. The van der Waals surface area contributed by atoms with Crippen molar-refractivity contribution < 1.29 is 4.74 Å². The normalized spacial score (nSPS) is 19.3. The molecule has 1 aliphatic rings. The van der Waals surface area contributed by atoms with Crippen LogP contribution in [0.5, 0.6) is 0 Å². The summed E-state index contributed by atoms with van der Waals surface area (Å²) in [5.41, 5.74) is 0.342. The van der Waals surface area contributed by atoms with Crippen LogP contribution < -0.4 is 5.32 Å². The van der Waals surface area contributed by atoms with Crippen molar-refractivity contribution in [1.82, 2.24) is 9.97 Å². The predicted molar refractivity (Wildman–Crippen MR) is 58.8 cm³/mol. The highest BCUT2D eigenvalue weighted by molar-refractivity contribution is 5.32. The molecule has 5 heteroatoms. The van der Waals surface area contributed by atoms with Crippen molar-refractivity contribution in [3.63, 3.8) is 0 Å². The van der Waals surface area contributed by atoms with Gasteiger partial charge in [-0.15, -0.1) is 0 Å². The summed E-state index contributed by atoms with van der Waals surface area (Å²) >= 11 is 0. The van der Waals surface area contributed by atoms with Crippen LogP contribution >= 0.6 is 0 Å². The van der Waals surface area contributed by atoms with Crippen LogP contribution in [0, 0.1) is 17.2 Å². The second kappa shape index (κ2) is 5.42. The molecule has 1 N–H and O–H groups in total. The van der Waals surface area contributed by atoms with Crippen LogP contribution in [-0.2, 0) is 4.74 Å². The Hall–Kier alpha value is -1.67. The molecule has 5 nitrogen and oxygen atoms in total. The van der Waals surface area contributed by atoms with Crippen molar-refractivity contribution in [2.75, 3.05) is 25.1 Å². The monoisotopic (exact) mass is 218 g/mol. The molecule has 1 unspecified atom stereocenters. The van der Waals surface area contributed by atoms with Gasteiger partial charge in [-0.05, 0) is 18.8 Å². The van der Waals surface area contributed by atoms with E-state index in [0.717, 1.165) is 38.4 Å². The highest BCUT2D eigenvalue weighted by Gasteiger charge is 2.14. The number of nitriles is 1. The zero-order valence-electron chi connectivity index (χ0n) is 9.02. The molecule has 84 valence electrons. The maximum absolute atomic E-state index is 8.56. The van der Waals surface area contributed by atoms with Crippen molar-refractivity contribution in [3.8, 4) is 6.07 Å². The third kappa shape index (κ3) is 2.91. The maximum atomic E-state index is 8.56. The molecule has 1 fully saturated rings. The average Bonchev–Trinajstić information content (AvgIpc) is 2.83. The first kappa shape index (κ1) is 10.8. The van der Waals surface area contributed by atoms with E-state index in [9.17, 15) is 0 Å². The molecule has 1 aromatic heterocycles. The van der Waals surface area contributed by atoms with Crippen molar-refractivity contribution in [2.45, 2.75) is 12.8 Å². The molecule has 1 saturated heterocycles. The molecule has 2 rings (SSSR count). The van der Waals surface area contributed by atoms with Crippen LogP contribution in [-0.4, -0.2) is 29.7 Å². The quantitative estimate of drug-likeness (QED) is 0.821. The van der Waals surface area contributed by atoms with Gasteiger partial charge in [-0.25, -0.2) is 9.97 Å². The number of hydrogen-bond donors (Lipinski definition) is 1. The number of anilines is 1. The summed E-state index contributed by atoms with van der Waals surface area (Å²) in [5.74, 6) is 1.39. The topological polar surface area (TPSA) is 70.8 Å². The van der Waals surface area contributed by atoms with Crippen LogP contribution in [0.3, 0.4) is 0 Å². The van der Waals surface area contributed by atoms with Crippen molar-refractivity contribution in [1.29, 1.82) is 5.26 Å². The van der Waals surface area contributed by atoms with Crippen molar-refractivity contribution in [3.05, 3.63) is 18.1 Å². The SMILES string of the molecule is N#Cc1cnc(NCCC2CCOC2)cn1. The molecule has 1 atom stereocenters. The summed E-state index contributed by atoms with van der Waals surface area (Å²) in [5, 5.41) is 11.7. The number of hydrogen-bond acceptors (Lipinski definition) is 5. The van der Waals surface area contributed by atoms with Gasteiger partial charge in [0.25, 0.3) is 0 Å². The van der Waals surface area contributed by atoms with E-state index in [4.69, 9.17) is 10.00 Å². The van der Waals surface area contributed by atoms with E-state index >= 15 is 0 Å². The van der Waals surface area contributed by atoms with Gasteiger partial charge in [0.05, 0.1) is 12.4 Å². The number of aromatic nitrogens is 2. The molecule has 0 amide bonds. The summed E-state index contributed by atoms with van der Waals surface area (Å²) < 4.78 is 5.30. The summed E-state index contributed by atoms with van der Waals surface area (Å²) in [6, 6.07) is 1.94. The highest BCUT2D eigenvalue weighted by Crippen LogP contribution is 2.15. The van der Waals surface area contributed by atoms with E-state index in [1.54, 1.807) is 6.20 Å². The average molecular weight is 218 g/mol. The lowest BCUT2D eigenvalue weighted by Crippen LogP contribution is -2.10. The first-order valence-electron chi connectivity index (χ1n) is 5.42. The zero-order valence-corrected chi connectivity index (χ0v) is 9.02. The Bertz CT molecular complexity index is 365. The molecule has 0 spiro atoms. The Morgan fingerprint density at radius 3 is 3.06 bits per heavy atom. The van der Waals surface area contributed by atoms with Crippen LogP contribution in [0.25, 0.3) is 0 Å². The van der Waals surface area contributed by atoms with Gasteiger partial charge in [-0.2, -0.15) is 5.26 Å². The molecule has 0 radical (unpaired) electrons. The van der Waals surface area contributed by atoms with E-state index in [1.807, 2.05) is 6.07 Å². The van der Waals surface area contributed by atoms with Gasteiger partial charge in [-0.1, -0.05) is 0 Å². The Balaban J connectivity index is 1.74. The molecule has 0 bridgehead atoms. The largest absolute Gasteiger partial charge is 0.381 e. The van der Waals surface area contributed by atoms with Gasteiger partial charge in [-0.3, -0.25) is 0 Å². The number of nitrogens with one attached hydrogen (secondary N) is 1. The van der Waals surface area contributed by atoms with Gasteiger partial charge < -0.3 is 10.1 Å². The lowest BCUT2D eigenvalue weighted by Gasteiger charge is -2.08. The number of ether oxygens (including phenoxy) is 1. The Morgan fingerprint density at radius 2 is 2.44 bits per heavy atom. The highest BCUT2D eigenvalue weighted by atomic mass is 16.5. The van der Waals surface area contributed by atoms with Crippen molar-refractivity contribution >= 4 is 5.82 Å². The Labute approximate surface area is 94.5 Å². The fourth-order valence-electron chi connectivity index (χ4n) is 1.69. The van der Waals surface area contributed by atoms with Gasteiger partial charge in [0.2, 0.25) is 0 Å². The predicted octanol–water partition coefficient (Wildman–Crippen LogP) is 1.19. The summed E-state index contributed by atoms with van der Waals surface area (Å²) in [7, 11) is 0. The van der Waals surface area contributed by atoms with Gasteiger partial charge in [0.1, 0.15) is 11.9 Å². The number of nitrogens with zero attached hydrogens (tertiary/aromatic N) is 3. The van der Waals surface area contributed by atoms with Crippen LogP contribution in [0.2, 0.25) is 0 Å². The molecule has 0 saturated carbocycles. The van der Waals surface area contributed by atoms with Crippen LogP contribution in [0.1, 0.15) is 18.5 Å². The molecule has 0 aromatic carbocycles. The minimum Gasteiger partial charge on any atom is -0.381 e.